The van der Waals surface area contributed by atoms with E-state index in [0.29, 0.717) is 18.5 Å². The molecule has 26 heavy (non-hydrogen) atoms. The van der Waals surface area contributed by atoms with Crippen LogP contribution in [0.5, 0.6) is 0 Å². The molecule has 2 heterocycles. The van der Waals surface area contributed by atoms with E-state index >= 15 is 0 Å². The molecule has 2 aromatic heterocycles. The molecule has 1 N–H and O–H groups in total. The minimum atomic E-state index is -3.50. The fraction of sp³-hybridized carbons (Fsp3) is 0.333. The number of benzene rings is 1. The summed E-state index contributed by atoms with van der Waals surface area (Å²) in [5, 5.41) is 16.0. The monoisotopic (exact) mass is 394 g/mol. The van der Waals surface area contributed by atoms with Gasteiger partial charge in [-0.15, -0.1) is 10.2 Å². The molecule has 0 saturated carbocycles. The molecular formula is C15H18N6O3S2. The van der Waals surface area contributed by atoms with Crippen molar-refractivity contribution < 1.29 is 13.2 Å². The molecule has 138 valence electrons. The number of sulfonamides is 1. The van der Waals surface area contributed by atoms with Crippen molar-refractivity contribution in [3.8, 4) is 0 Å². The van der Waals surface area contributed by atoms with Crippen molar-refractivity contribution in [2.75, 3.05) is 20.6 Å². The topological polar surface area (TPSA) is 110 Å². The van der Waals surface area contributed by atoms with Gasteiger partial charge in [0.2, 0.25) is 15.0 Å². The number of hydrogen-bond donors (Lipinski definition) is 1. The zero-order valence-corrected chi connectivity index (χ0v) is 16.1. The molecule has 0 fully saturated rings. The molecule has 0 saturated heterocycles. The van der Waals surface area contributed by atoms with Crippen molar-refractivity contribution in [2.45, 2.75) is 18.2 Å². The summed E-state index contributed by atoms with van der Waals surface area (Å²) in [6, 6.07) is 5.85. The predicted octanol–water partition coefficient (Wildman–Crippen LogP) is 0.717. The molecule has 3 aromatic rings. The molecule has 0 radical (unpaired) electrons. The summed E-state index contributed by atoms with van der Waals surface area (Å²) in [5.74, 6) is 0.456. The van der Waals surface area contributed by atoms with Crippen LogP contribution in [0, 0.1) is 6.92 Å². The molecule has 0 aliphatic rings. The molecule has 0 aliphatic carbocycles. The third-order valence-electron chi connectivity index (χ3n) is 3.71. The van der Waals surface area contributed by atoms with Crippen molar-refractivity contribution in [3.05, 3.63) is 40.7 Å². The normalized spacial score (nSPS) is 12.0. The van der Waals surface area contributed by atoms with Gasteiger partial charge in [-0.2, -0.15) is 9.61 Å². The number of carbonyl (C=O) groups excluding carboxylic acids is 1. The number of rotatable bonds is 6. The summed E-state index contributed by atoms with van der Waals surface area (Å²) in [7, 11) is -0.578. The largest absolute Gasteiger partial charge is 0.352 e. The van der Waals surface area contributed by atoms with Gasteiger partial charge in [-0.25, -0.2) is 12.7 Å². The van der Waals surface area contributed by atoms with E-state index in [1.807, 2.05) is 6.92 Å². The summed E-state index contributed by atoms with van der Waals surface area (Å²) in [5.41, 5.74) is 0.400. The van der Waals surface area contributed by atoms with Gasteiger partial charge < -0.3 is 5.32 Å². The summed E-state index contributed by atoms with van der Waals surface area (Å²) in [4.78, 5) is 13.1. The predicted molar refractivity (Wildman–Crippen MR) is 96.7 cm³/mol. The lowest BCUT2D eigenvalue weighted by Crippen LogP contribution is -2.26. The highest BCUT2D eigenvalue weighted by Crippen LogP contribution is 2.15. The Morgan fingerprint density at radius 2 is 1.92 bits per heavy atom. The summed E-state index contributed by atoms with van der Waals surface area (Å²) >= 11 is 1.43. The number of nitrogens with zero attached hydrogens (tertiary/aromatic N) is 5. The molecule has 1 aromatic carbocycles. The maximum atomic E-state index is 12.2. The van der Waals surface area contributed by atoms with Crippen LogP contribution >= 0.6 is 11.3 Å². The summed E-state index contributed by atoms with van der Waals surface area (Å²) in [6.45, 7) is 2.24. The molecule has 1 amide bonds. The van der Waals surface area contributed by atoms with E-state index in [-0.39, 0.29) is 10.8 Å². The average Bonchev–Trinajstić information content (AvgIpc) is 3.16. The lowest BCUT2D eigenvalue weighted by atomic mass is 10.2. The molecule has 0 aliphatic heterocycles. The van der Waals surface area contributed by atoms with Gasteiger partial charge in [-0.1, -0.05) is 11.3 Å². The number of fused-ring (bicyclic) bond motifs is 1. The Bertz CT molecular complexity index is 1040. The van der Waals surface area contributed by atoms with Crippen LogP contribution in [0.4, 0.5) is 0 Å². The van der Waals surface area contributed by atoms with Crippen LogP contribution in [-0.2, 0) is 16.4 Å². The van der Waals surface area contributed by atoms with Crippen LogP contribution in [0.15, 0.2) is 29.2 Å². The highest BCUT2D eigenvalue weighted by molar-refractivity contribution is 7.89. The standard InChI is InChI=1S/C15H18N6O3S2/c1-10-17-18-15-21(10)19-13(25-15)8-9-16-14(22)11-4-6-12(7-5-11)26(23,24)20(2)3/h4-7H,8-9H2,1-3H3,(H,16,22). The van der Waals surface area contributed by atoms with Gasteiger partial charge in [-0.05, 0) is 31.2 Å². The lowest BCUT2D eigenvalue weighted by molar-refractivity contribution is 0.0954. The SMILES string of the molecule is Cc1nnc2sc(CCNC(=O)c3ccc(S(=O)(=O)N(C)C)cc3)nn12. The molecule has 0 spiro atoms. The van der Waals surface area contributed by atoms with Crippen molar-refractivity contribution in [1.82, 2.24) is 29.4 Å². The number of amides is 1. The third kappa shape index (κ3) is 3.59. The van der Waals surface area contributed by atoms with E-state index in [9.17, 15) is 13.2 Å². The summed E-state index contributed by atoms with van der Waals surface area (Å²) in [6.07, 6.45) is 0.576. The van der Waals surface area contributed by atoms with Crippen molar-refractivity contribution in [3.63, 3.8) is 0 Å². The fourth-order valence-corrected chi connectivity index (χ4v) is 4.01. The van der Waals surface area contributed by atoms with Gasteiger partial charge in [0, 0.05) is 32.6 Å². The maximum absolute atomic E-state index is 12.2. The Balaban J connectivity index is 1.59. The van der Waals surface area contributed by atoms with E-state index < -0.39 is 10.0 Å². The molecule has 0 atom stereocenters. The molecule has 3 rings (SSSR count). The first-order valence-corrected chi connectivity index (χ1v) is 10.0. The van der Waals surface area contributed by atoms with E-state index in [4.69, 9.17) is 0 Å². The minimum Gasteiger partial charge on any atom is -0.352 e. The number of hydrogen-bond acceptors (Lipinski definition) is 7. The van der Waals surface area contributed by atoms with E-state index in [2.05, 4.69) is 20.6 Å². The molecule has 9 nitrogen and oxygen atoms in total. The average molecular weight is 394 g/mol. The van der Waals surface area contributed by atoms with Gasteiger partial charge in [0.1, 0.15) is 5.01 Å². The Morgan fingerprint density at radius 3 is 2.54 bits per heavy atom. The van der Waals surface area contributed by atoms with E-state index in [0.717, 1.165) is 20.1 Å². The molecule has 0 bridgehead atoms. The van der Waals surface area contributed by atoms with Crippen molar-refractivity contribution in [1.29, 1.82) is 0 Å². The quantitative estimate of drug-likeness (QED) is 0.660. The smallest absolute Gasteiger partial charge is 0.251 e. The first-order valence-electron chi connectivity index (χ1n) is 7.77. The number of nitrogens with one attached hydrogen (secondary N) is 1. The third-order valence-corrected chi connectivity index (χ3v) is 6.50. The Kier molecular flexibility index (Phi) is 5.03. The number of aromatic nitrogens is 4. The second-order valence-electron chi connectivity index (χ2n) is 5.76. The van der Waals surface area contributed by atoms with E-state index in [1.165, 1.54) is 49.7 Å². The first-order chi connectivity index (χ1) is 12.3. The van der Waals surface area contributed by atoms with Gasteiger partial charge in [0.25, 0.3) is 5.91 Å². The number of carbonyl (C=O) groups is 1. The van der Waals surface area contributed by atoms with Crippen LogP contribution in [0.25, 0.3) is 4.96 Å². The van der Waals surface area contributed by atoms with Gasteiger partial charge in [0.05, 0.1) is 4.90 Å². The van der Waals surface area contributed by atoms with Crippen LogP contribution < -0.4 is 5.32 Å². The second kappa shape index (κ2) is 7.09. The lowest BCUT2D eigenvalue weighted by Gasteiger charge is -2.11. The Morgan fingerprint density at radius 1 is 1.23 bits per heavy atom. The highest BCUT2D eigenvalue weighted by atomic mass is 32.2. The second-order valence-corrected chi connectivity index (χ2v) is 8.95. The minimum absolute atomic E-state index is 0.147. The van der Waals surface area contributed by atoms with Crippen LogP contribution in [0.2, 0.25) is 0 Å². The van der Waals surface area contributed by atoms with Gasteiger partial charge in [0.15, 0.2) is 5.82 Å². The van der Waals surface area contributed by atoms with Gasteiger partial charge in [-0.3, -0.25) is 4.79 Å². The zero-order chi connectivity index (χ0) is 18.9. The zero-order valence-electron chi connectivity index (χ0n) is 14.5. The van der Waals surface area contributed by atoms with Crippen molar-refractivity contribution >= 4 is 32.2 Å². The highest BCUT2D eigenvalue weighted by Gasteiger charge is 2.17. The Hall–Kier alpha value is -2.37. The van der Waals surface area contributed by atoms with E-state index in [1.54, 1.807) is 4.52 Å². The Labute approximate surface area is 154 Å². The first kappa shape index (κ1) is 18.4. The molecule has 11 heteroatoms. The molecule has 0 unspecified atom stereocenters. The molecular weight excluding hydrogens is 376 g/mol. The number of aryl methyl sites for hydroxylation is 1. The van der Waals surface area contributed by atoms with Crippen molar-refractivity contribution in [2.24, 2.45) is 0 Å². The van der Waals surface area contributed by atoms with Crippen LogP contribution in [0.3, 0.4) is 0 Å². The fourth-order valence-electron chi connectivity index (χ4n) is 2.23. The summed E-state index contributed by atoms with van der Waals surface area (Å²) < 4.78 is 26.9. The van der Waals surface area contributed by atoms with Crippen LogP contribution in [-0.4, -0.2) is 59.1 Å². The maximum Gasteiger partial charge on any atom is 0.251 e. The van der Waals surface area contributed by atoms with Gasteiger partial charge >= 0.3 is 0 Å². The van der Waals surface area contributed by atoms with Crippen LogP contribution in [0.1, 0.15) is 21.2 Å².